The van der Waals surface area contributed by atoms with Gasteiger partial charge in [0, 0.05) is 12.5 Å². The van der Waals surface area contributed by atoms with Gasteiger partial charge in [0.1, 0.15) is 0 Å². The number of carboxylic acids is 1. The Hall–Kier alpha value is -2.41. The minimum absolute atomic E-state index is 0.00619. The number of aliphatic carboxylic acids is 1. The molecule has 2 aromatic rings. The average Bonchev–Trinajstić information content (AvgIpc) is 2.95. The molecule has 0 bridgehead atoms. The van der Waals surface area contributed by atoms with Crippen molar-refractivity contribution in [2.75, 3.05) is 0 Å². The Bertz CT molecular complexity index is 686. The molecule has 1 heterocycles. The van der Waals surface area contributed by atoms with Gasteiger partial charge in [-0.2, -0.15) is 0 Å². The molecule has 1 atom stereocenters. The summed E-state index contributed by atoms with van der Waals surface area (Å²) in [5, 5.41) is 19.5. The summed E-state index contributed by atoms with van der Waals surface area (Å²) < 4.78 is 1.42. The number of amides is 1. The van der Waals surface area contributed by atoms with Crippen LogP contribution in [0.5, 0.6) is 0 Å². The van der Waals surface area contributed by atoms with Crippen molar-refractivity contribution in [2.45, 2.75) is 25.8 Å². The van der Waals surface area contributed by atoms with Gasteiger partial charge in [0.2, 0.25) is 0 Å². The van der Waals surface area contributed by atoms with Crippen LogP contribution in [0.4, 0.5) is 0 Å². The van der Waals surface area contributed by atoms with Crippen LogP contribution in [-0.4, -0.2) is 38.0 Å². The van der Waals surface area contributed by atoms with E-state index in [1.54, 1.807) is 31.2 Å². The SMILES string of the molecule is CC(CCC(=O)O)NC(=O)c1cn(-c2ccccc2Cl)nn1. The van der Waals surface area contributed by atoms with Crippen molar-refractivity contribution in [1.82, 2.24) is 20.3 Å². The van der Waals surface area contributed by atoms with Gasteiger partial charge in [-0.1, -0.05) is 28.9 Å². The van der Waals surface area contributed by atoms with E-state index in [0.29, 0.717) is 17.1 Å². The van der Waals surface area contributed by atoms with Crippen molar-refractivity contribution in [3.63, 3.8) is 0 Å². The highest BCUT2D eigenvalue weighted by molar-refractivity contribution is 6.32. The minimum atomic E-state index is -0.897. The lowest BCUT2D eigenvalue weighted by molar-refractivity contribution is -0.137. The number of para-hydroxylation sites is 1. The number of halogens is 1. The average molecular weight is 323 g/mol. The number of hydrogen-bond acceptors (Lipinski definition) is 4. The van der Waals surface area contributed by atoms with E-state index in [1.165, 1.54) is 10.9 Å². The molecule has 0 aliphatic heterocycles. The van der Waals surface area contributed by atoms with Crippen LogP contribution in [0.15, 0.2) is 30.5 Å². The first-order chi connectivity index (χ1) is 10.5. The Morgan fingerprint density at radius 1 is 1.41 bits per heavy atom. The zero-order valence-corrected chi connectivity index (χ0v) is 12.6. The summed E-state index contributed by atoms with van der Waals surface area (Å²) in [6.07, 6.45) is 1.81. The molecule has 1 unspecified atom stereocenters. The molecule has 0 aliphatic carbocycles. The van der Waals surface area contributed by atoms with Gasteiger partial charge in [0.25, 0.3) is 5.91 Å². The molecule has 0 radical (unpaired) electrons. The van der Waals surface area contributed by atoms with E-state index in [9.17, 15) is 9.59 Å². The molecule has 1 aromatic heterocycles. The summed E-state index contributed by atoms with van der Waals surface area (Å²) in [6, 6.07) is 6.80. The maximum Gasteiger partial charge on any atom is 0.303 e. The Labute approximate surface area is 131 Å². The second-order valence-electron chi connectivity index (χ2n) is 4.81. The van der Waals surface area contributed by atoms with Gasteiger partial charge < -0.3 is 10.4 Å². The molecule has 8 heteroatoms. The van der Waals surface area contributed by atoms with Crippen molar-refractivity contribution in [1.29, 1.82) is 0 Å². The second-order valence-corrected chi connectivity index (χ2v) is 5.21. The lowest BCUT2D eigenvalue weighted by Gasteiger charge is -2.10. The molecule has 0 saturated heterocycles. The van der Waals surface area contributed by atoms with Gasteiger partial charge in [-0.25, -0.2) is 4.68 Å². The number of carboxylic acid groups (broad SMARTS) is 1. The van der Waals surface area contributed by atoms with Crippen molar-refractivity contribution in [2.24, 2.45) is 0 Å². The highest BCUT2D eigenvalue weighted by Crippen LogP contribution is 2.18. The maximum absolute atomic E-state index is 12.0. The van der Waals surface area contributed by atoms with Crippen LogP contribution >= 0.6 is 11.6 Å². The fourth-order valence-corrected chi connectivity index (χ4v) is 2.06. The predicted molar refractivity (Wildman–Crippen MR) is 80.2 cm³/mol. The third-order valence-electron chi connectivity index (χ3n) is 2.99. The molecule has 0 aliphatic rings. The van der Waals surface area contributed by atoms with Gasteiger partial charge in [-0.05, 0) is 25.5 Å². The van der Waals surface area contributed by atoms with Crippen molar-refractivity contribution in [3.05, 3.63) is 41.2 Å². The van der Waals surface area contributed by atoms with Gasteiger partial charge in [0.05, 0.1) is 16.9 Å². The molecule has 22 heavy (non-hydrogen) atoms. The highest BCUT2D eigenvalue weighted by atomic mass is 35.5. The van der Waals surface area contributed by atoms with E-state index >= 15 is 0 Å². The Morgan fingerprint density at radius 3 is 2.82 bits per heavy atom. The van der Waals surface area contributed by atoms with E-state index in [0.717, 1.165) is 0 Å². The molecule has 2 N–H and O–H groups in total. The topological polar surface area (TPSA) is 97.1 Å². The second kappa shape index (κ2) is 7.04. The number of benzene rings is 1. The number of nitrogens with one attached hydrogen (secondary N) is 1. The predicted octanol–water partition coefficient (Wildman–Crippen LogP) is 1.90. The summed E-state index contributed by atoms with van der Waals surface area (Å²) in [5.41, 5.74) is 0.761. The molecule has 0 spiro atoms. The smallest absolute Gasteiger partial charge is 0.303 e. The largest absolute Gasteiger partial charge is 0.481 e. The van der Waals surface area contributed by atoms with Crippen molar-refractivity contribution in [3.8, 4) is 5.69 Å². The molecule has 1 aromatic carbocycles. The van der Waals surface area contributed by atoms with Crippen LogP contribution < -0.4 is 5.32 Å². The first kappa shape index (κ1) is 16.0. The van der Waals surface area contributed by atoms with E-state index < -0.39 is 11.9 Å². The summed E-state index contributed by atoms with van der Waals surface area (Å²) in [4.78, 5) is 22.5. The van der Waals surface area contributed by atoms with Gasteiger partial charge in [-0.3, -0.25) is 9.59 Å². The number of carbonyl (C=O) groups excluding carboxylic acids is 1. The van der Waals surface area contributed by atoms with Crippen molar-refractivity contribution < 1.29 is 14.7 Å². The van der Waals surface area contributed by atoms with Gasteiger partial charge >= 0.3 is 5.97 Å². The van der Waals surface area contributed by atoms with Crippen molar-refractivity contribution >= 4 is 23.5 Å². The van der Waals surface area contributed by atoms with E-state index in [2.05, 4.69) is 15.6 Å². The normalized spacial score (nSPS) is 11.9. The molecule has 0 fully saturated rings. The van der Waals surface area contributed by atoms with E-state index in [4.69, 9.17) is 16.7 Å². The van der Waals surface area contributed by atoms with E-state index in [1.807, 2.05) is 0 Å². The summed E-state index contributed by atoms with van der Waals surface area (Å²) in [6.45, 7) is 1.74. The minimum Gasteiger partial charge on any atom is -0.481 e. The zero-order valence-electron chi connectivity index (χ0n) is 11.9. The Morgan fingerprint density at radius 2 is 2.14 bits per heavy atom. The van der Waals surface area contributed by atoms with Crippen LogP contribution in [0.2, 0.25) is 5.02 Å². The number of aromatic nitrogens is 3. The molecule has 2 rings (SSSR count). The van der Waals surface area contributed by atoms with Crippen LogP contribution in [0.3, 0.4) is 0 Å². The third kappa shape index (κ3) is 4.05. The Kier molecular flexibility index (Phi) is 5.11. The molecule has 116 valence electrons. The van der Waals surface area contributed by atoms with Crippen LogP contribution in [0.1, 0.15) is 30.3 Å². The number of rotatable bonds is 6. The summed E-state index contributed by atoms with van der Waals surface area (Å²) in [5.74, 6) is -1.30. The molecule has 0 saturated carbocycles. The lowest BCUT2D eigenvalue weighted by Crippen LogP contribution is -2.33. The van der Waals surface area contributed by atoms with Crippen LogP contribution in [0.25, 0.3) is 5.69 Å². The first-order valence-electron chi connectivity index (χ1n) is 6.67. The Balaban J connectivity index is 2.03. The van der Waals surface area contributed by atoms with Crippen LogP contribution in [-0.2, 0) is 4.79 Å². The third-order valence-corrected chi connectivity index (χ3v) is 3.31. The summed E-state index contributed by atoms with van der Waals surface area (Å²) >= 11 is 6.06. The molecule has 7 nitrogen and oxygen atoms in total. The fraction of sp³-hybridized carbons (Fsp3) is 0.286. The van der Waals surface area contributed by atoms with Gasteiger partial charge in [0.15, 0.2) is 5.69 Å². The van der Waals surface area contributed by atoms with Crippen LogP contribution in [0, 0.1) is 0 Å². The maximum atomic E-state index is 12.0. The number of hydrogen-bond donors (Lipinski definition) is 2. The number of carbonyl (C=O) groups is 2. The lowest BCUT2D eigenvalue weighted by atomic mass is 10.2. The van der Waals surface area contributed by atoms with E-state index in [-0.39, 0.29) is 18.2 Å². The number of nitrogens with zero attached hydrogens (tertiary/aromatic N) is 3. The highest BCUT2D eigenvalue weighted by Gasteiger charge is 2.15. The monoisotopic (exact) mass is 322 g/mol. The quantitative estimate of drug-likeness (QED) is 0.846. The standard InChI is InChI=1S/C14H15ClN4O3/c1-9(6-7-13(20)21)16-14(22)11-8-19(18-17-11)12-5-3-2-4-10(12)15/h2-5,8-9H,6-7H2,1H3,(H,16,22)(H,20,21). The summed E-state index contributed by atoms with van der Waals surface area (Å²) in [7, 11) is 0. The first-order valence-corrected chi connectivity index (χ1v) is 7.05. The molecular formula is C14H15ClN4O3. The zero-order chi connectivity index (χ0) is 16.1. The molecule has 1 amide bonds. The fourth-order valence-electron chi connectivity index (χ4n) is 1.83. The molecular weight excluding hydrogens is 308 g/mol. The van der Waals surface area contributed by atoms with Gasteiger partial charge in [-0.15, -0.1) is 5.10 Å².